The molecule has 0 aliphatic carbocycles. The van der Waals surface area contributed by atoms with E-state index in [1.807, 2.05) is 0 Å². The number of nitrogens with one attached hydrogen (secondary N) is 1. The van der Waals surface area contributed by atoms with Crippen molar-refractivity contribution in [3.05, 3.63) is 29.8 Å². The molecule has 0 bridgehead atoms. The third-order valence-electron chi connectivity index (χ3n) is 3.47. The Labute approximate surface area is 120 Å². The van der Waals surface area contributed by atoms with E-state index >= 15 is 0 Å². The topological polar surface area (TPSA) is 54.0 Å². The highest BCUT2D eigenvalue weighted by Gasteiger charge is 2.21. The molecule has 5 nitrogen and oxygen atoms in total. The van der Waals surface area contributed by atoms with Crippen molar-refractivity contribution >= 4 is 5.69 Å². The first kappa shape index (κ1) is 15.3. The van der Waals surface area contributed by atoms with Crippen LogP contribution in [0.3, 0.4) is 0 Å². The van der Waals surface area contributed by atoms with E-state index in [1.165, 1.54) is 11.3 Å². The third kappa shape index (κ3) is 4.18. The van der Waals surface area contributed by atoms with Crippen LogP contribution in [0.5, 0.6) is 0 Å². The fraction of sp³-hybridized carbons (Fsp3) is 0.600. The highest BCUT2D eigenvalue weighted by atomic mass is 16.5. The maximum Gasteiger partial charge on any atom is 0.0980 e. The molecule has 1 aromatic carbocycles. The number of morpholine rings is 1. The van der Waals surface area contributed by atoms with Crippen LogP contribution in [0, 0.1) is 0 Å². The van der Waals surface area contributed by atoms with Crippen molar-refractivity contribution in [3.63, 3.8) is 0 Å². The Balaban J connectivity index is 1.99. The number of anilines is 1. The summed E-state index contributed by atoms with van der Waals surface area (Å²) < 4.78 is 10.5. The van der Waals surface area contributed by atoms with Crippen LogP contribution < -0.4 is 10.2 Å². The van der Waals surface area contributed by atoms with E-state index in [2.05, 4.69) is 34.5 Å². The number of para-hydroxylation sites is 1. The van der Waals surface area contributed by atoms with E-state index in [4.69, 9.17) is 9.47 Å². The average molecular weight is 280 g/mol. The second-order valence-electron chi connectivity index (χ2n) is 4.92. The largest absolute Gasteiger partial charge is 0.394 e. The maximum absolute atomic E-state index is 9.25. The lowest BCUT2D eigenvalue weighted by molar-refractivity contribution is 0.00352. The van der Waals surface area contributed by atoms with Gasteiger partial charge in [0.15, 0.2) is 0 Å². The summed E-state index contributed by atoms with van der Waals surface area (Å²) in [6, 6.07) is 8.38. The van der Waals surface area contributed by atoms with Gasteiger partial charge < -0.3 is 24.8 Å². The van der Waals surface area contributed by atoms with E-state index in [1.54, 1.807) is 7.11 Å². The summed E-state index contributed by atoms with van der Waals surface area (Å²) in [5.74, 6) is 0. The lowest BCUT2D eigenvalue weighted by Crippen LogP contribution is -2.44. The smallest absolute Gasteiger partial charge is 0.0980 e. The van der Waals surface area contributed by atoms with Crippen molar-refractivity contribution in [1.29, 1.82) is 0 Å². The zero-order chi connectivity index (χ0) is 14.2. The first-order valence-corrected chi connectivity index (χ1v) is 7.10. The summed E-state index contributed by atoms with van der Waals surface area (Å²) in [6.45, 7) is 4.72. The summed E-state index contributed by atoms with van der Waals surface area (Å²) in [5.41, 5.74) is 2.49. The first-order valence-electron chi connectivity index (χ1n) is 7.10. The predicted octanol–water partition coefficient (Wildman–Crippen LogP) is 0.620. The van der Waals surface area contributed by atoms with Gasteiger partial charge in [0.25, 0.3) is 0 Å². The predicted molar refractivity (Wildman–Crippen MR) is 79.1 cm³/mol. The molecule has 1 aliphatic heterocycles. The van der Waals surface area contributed by atoms with Gasteiger partial charge in [-0.05, 0) is 11.6 Å². The van der Waals surface area contributed by atoms with Crippen LogP contribution in [-0.4, -0.2) is 57.8 Å². The highest BCUT2D eigenvalue weighted by molar-refractivity contribution is 5.54. The molecule has 1 saturated heterocycles. The number of methoxy groups -OCH3 is 1. The molecule has 1 unspecified atom stereocenters. The van der Waals surface area contributed by atoms with Gasteiger partial charge in [0.1, 0.15) is 0 Å². The number of benzene rings is 1. The minimum absolute atomic E-state index is 0.0742. The molecule has 2 rings (SSSR count). The van der Waals surface area contributed by atoms with Crippen molar-refractivity contribution in [1.82, 2.24) is 5.32 Å². The van der Waals surface area contributed by atoms with Crippen molar-refractivity contribution in [2.24, 2.45) is 0 Å². The molecular formula is C15H24N2O3. The summed E-state index contributed by atoms with van der Waals surface area (Å²) in [4.78, 5) is 2.29. The number of nitrogens with zero attached hydrogens (tertiary/aromatic N) is 1. The van der Waals surface area contributed by atoms with Gasteiger partial charge >= 0.3 is 0 Å². The molecule has 1 heterocycles. The van der Waals surface area contributed by atoms with Gasteiger partial charge in [-0.15, -0.1) is 0 Å². The first-order chi connectivity index (χ1) is 9.85. The van der Waals surface area contributed by atoms with Gasteiger partial charge in [-0.3, -0.25) is 0 Å². The standard InChI is InChI=1S/C15H24N2O3/c1-19-8-6-16-10-13-4-2-3-5-15(13)17-7-9-20-14(11-17)12-18/h2-5,14,16,18H,6-12H2,1H3. The Kier molecular flexibility index (Phi) is 6.26. The van der Waals surface area contributed by atoms with Gasteiger partial charge in [-0.25, -0.2) is 0 Å². The lowest BCUT2D eigenvalue weighted by Gasteiger charge is -2.35. The Bertz CT molecular complexity index is 400. The number of aliphatic hydroxyl groups is 1. The monoisotopic (exact) mass is 280 g/mol. The molecule has 0 saturated carbocycles. The van der Waals surface area contributed by atoms with Gasteiger partial charge in [-0.2, -0.15) is 0 Å². The third-order valence-corrected chi connectivity index (χ3v) is 3.47. The molecule has 20 heavy (non-hydrogen) atoms. The van der Waals surface area contributed by atoms with Crippen LogP contribution in [0.1, 0.15) is 5.56 Å². The molecule has 0 radical (unpaired) electrons. The maximum atomic E-state index is 9.25. The van der Waals surface area contributed by atoms with Crippen LogP contribution >= 0.6 is 0 Å². The Hall–Kier alpha value is -1.14. The van der Waals surface area contributed by atoms with Gasteiger partial charge in [0.2, 0.25) is 0 Å². The Morgan fingerprint density at radius 1 is 1.45 bits per heavy atom. The molecule has 0 aromatic heterocycles. The molecular weight excluding hydrogens is 256 g/mol. The fourth-order valence-corrected chi connectivity index (χ4v) is 2.41. The number of hydrogen-bond acceptors (Lipinski definition) is 5. The number of rotatable bonds is 7. The summed E-state index contributed by atoms with van der Waals surface area (Å²) in [7, 11) is 1.71. The van der Waals surface area contributed by atoms with Crippen LogP contribution in [-0.2, 0) is 16.0 Å². The molecule has 2 N–H and O–H groups in total. The quantitative estimate of drug-likeness (QED) is 0.717. The lowest BCUT2D eigenvalue weighted by atomic mass is 10.1. The number of ether oxygens (including phenoxy) is 2. The zero-order valence-electron chi connectivity index (χ0n) is 12.0. The zero-order valence-corrected chi connectivity index (χ0v) is 12.0. The normalized spacial score (nSPS) is 19.3. The van der Waals surface area contributed by atoms with Crippen LogP contribution in [0.2, 0.25) is 0 Å². The summed E-state index contributed by atoms with van der Waals surface area (Å²) >= 11 is 0. The molecule has 1 aliphatic rings. The molecule has 112 valence electrons. The fourth-order valence-electron chi connectivity index (χ4n) is 2.41. The van der Waals surface area contributed by atoms with E-state index in [-0.39, 0.29) is 12.7 Å². The van der Waals surface area contributed by atoms with E-state index < -0.39 is 0 Å². The van der Waals surface area contributed by atoms with Crippen molar-refractivity contribution in [3.8, 4) is 0 Å². The van der Waals surface area contributed by atoms with Gasteiger partial charge in [0, 0.05) is 39.0 Å². The van der Waals surface area contributed by atoms with Crippen molar-refractivity contribution in [2.75, 3.05) is 51.5 Å². The molecule has 0 spiro atoms. The van der Waals surface area contributed by atoms with E-state index in [0.717, 1.165) is 26.2 Å². The number of aliphatic hydroxyl groups excluding tert-OH is 1. The molecule has 1 aromatic rings. The SMILES string of the molecule is COCCNCc1ccccc1N1CCOC(CO)C1. The Morgan fingerprint density at radius 3 is 3.10 bits per heavy atom. The minimum Gasteiger partial charge on any atom is -0.394 e. The summed E-state index contributed by atoms with van der Waals surface area (Å²) in [5, 5.41) is 12.6. The van der Waals surface area contributed by atoms with E-state index in [9.17, 15) is 5.11 Å². The van der Waals surface area contributed by atoms with Crippen molar-refractivity contribution < 1.29 is 14.6 Å². The van der Waals surface area contributed by atoms with E-state index in [0.29, 0.717) is 13.2 Å². The van der Waals surface area contributed by atoms with Gasteiger partial charge in [0.05, 0.1) is 25.9 Å². The van der Waals surface area contributed by atoms with Crippen molar-refractivity contribution in [2.45, 2.75) is 12.6 Å². The Morgan fingerprint density at radius 2 is 2.30 bits per heavy atom. The highest BCUT2D eigenvalue weighted by Crippen LogP contribution is 2.22. The molecule has 5 heteroatoms. The van der Waals surface area contributed by atoms with Crippen LogP contribution in [0.4, 0.5) is 5.69 Å². The molecule has 0 amide bonds. The second kappa shape index (κ2) is 8.21. The molecule has 1 fully saturated rings. The molecule has 1 atom stereocenters. The van der Waals surface area contributed by atoms with Crippen LogP contribution in [0.15, 0.2) is 24.3 Å². The van der Waals surface area contributed by atoms with Gasteiger partial charge in [-0.1, -0.05) is 18.2 Å². The second-order valence-corrected chi connectivity index (χ2v) is 4.92. The number of hydrogen-bond donors (Lipinski definition) is 2. The average Bonchev–Trinajstić information content (AvgIpc) is 2.52. The summed E-state index contributed by atoms with van der Waals surface area (Å²) in [6.07, 6.45) is -0.0849. The van der Waals surface area contributed by atoms with Crippen LogP contribution in [0.25, 0.3) is 0 Å². The minimum atomic E-state index is -0.0849.